The van der Waals surface area contributed by atoms with E-state index in [-0.39, 0.29) is 0 Å². The highest BCUT2D eigenvalue weighted by Gasteiger charge is 2.07. The summed E-state index contributed by atoms with van der Waals surface area (Å²) in [6.07, 6.45) is 0. The smallest absolute Gasteiger partial charge is 0.161 e. The normalized spacial score (nSPS) is 10.6. The second kappa shape index (κ2) is 10.2. The Balaban J connectivity index is 1.98. The summed E-state index contributed by atoms with van der Waals surface area (Å²) in [5.74, 6) is 1.50. The van der Waals surface area contributed by atoms with Crippen LogP contribution in [0.5, 0.6) is 11.5 Å². The lowest BCUT2D eigenvalue weighted by Crippen LogP contribution is -2.18. The van der Waals surface area contributed by atoms with Crippen LogP contribution in [0.3, 0.4) is 0 Å². The maximum Gasteiger partial charge on any atom is 0.161 e. The molecular formula is C19H24ClNO3. The average molecular weight is 350 g/mol. The monoisotopic (exact) mass is 349 g/mol. The van der Waals surface area contributed by atoms with Gasteiger partial charge in [0.05, 0.1) is 13.2 Å². The first kappa shape index (κ1) is 18.6. The summed E-state index contributed by atoms with van der Waals surface area (Å²) in [6.45, 7) is 5.31. The zero-order valence-corrected chi connectivity index (χ0v) is 14.9. The van der Waals surface area contributed by atoms with Gasteiger partial charge in [-0.05, 0) is 42.3 Å². The van der Waals surface area contributed by atoms with E-state index in [4.69, 9.17) is 25.8 Å². The molecule has 5 heteroatoms. The Kier molecular flexibility index (Phi) is 7.89. The zero-order valence-electron chi connectivity index (χ0n) is 14.2. The Morgan fingerprint density at radius 3 is 2.42 bits per heavy atom. The molecule has 0 aliphatic carbocycles. The lowest BCUT2D eigenvalue weighted by molar-refractivity contribution is 0.199. The number of hydrogen-bond acceptors (Lipinski definition) is 4. The maximum absolute atomic E-state index is 5.91. The fourth-order valence-corrected chi connectivity index (χ4v) is 2.32. The summed E-state index contributed by atoms with van der Waals surface area (Å²) in [7, 11) is 1.70. The Morgan fingerprint density at radius 1 is 0.958 bits per heavy atom. The second-order valence-electron chi connectivity index (χ2n) is 5.30. The van der Waals surface area contributed by atoms with Gasteiger partial charge >= 0.3 is 0 Å². The second-order valence-corrected chi connectivity index (χ2v) is 5.74. The molecule has 4 nitrogen and oxygen atoms in total. The lowest BCUT2D eigenvalue weighted by Gasteiger charge is -2.14. The number of ether oxygens (including phenoxy) is 3. The number of hydrogen-bond donors (Lipinski definition) is 1. The van der Waals surface area contributed by atoms with E-state index in [2.05, 4.69) is 5.32 Å². The zero-order chi connectivity index (χ0) is 17.2. The Morgan fingerprint density at radius 2 is 1.71 bits per heavy atom. The summed E-state index contributed by atoms with van der Waals surface area (Å²) in [5, 5.41) is 4.04. The van der Waals surface area contributed by atoms with Gasteiger partial charge in [0.2, 0.25) is 0 Å². The number of benzene rings is 2. The summed E-state index contributed by atoms with van der Waals surface area (Å²) >= 11 is 5.90. The summed E-state index contributed by atoms with van der Waals surface area (Å²) in [4.78, 5) is 0. The van der Waals surface area contributed by atoms with Crippen molar-refractivity contribution in [1.82, 2.24) is 5.32 Å². The predicted molar refractivity (Wildman–Crippen MR) is 97.0 cm³/mol. The maximum atomic E-state index is 5.91. The summed E-state index contributed by atoms with van der Waals surface area (Å²) < 4.78 is 16.6. The van der Waals surface area contributed by atoms with Crippen LogP contribution in [-0.2, 0) is 17.9 Å². The Bertz CT molecular complexity index is 617. The van der Waals surface area contributed by atoms with Crippen molar-refractivity contribution in [3.05, 3.63) is 58.6 Å². The van der Waals surface area contributed by atoms with Crippen LogP contribution < -0.4 is 14.8 Å². The van der Waals surface area contributed by atoms with E-state index in [9.17, 15) is 0 Å². The minimum Gasteiger partial charge on any atom is -0.490 e. The molecule has 1 N–H and O–H groups in total. The van der Waals surface area contributed by atoms with E-state index in [0.717, 1.165) is 40.7 Å². The fourth-order valence-electron chi connectivity index (χ4n) is 2.20. The largest absolute Gasteiger partial charge is 0.490 e. The van der Waals surface area contributed by atoms with Gasteiger partial charge in [-0.3, -0.25) is 0 Å². The van der Waals surface area contributed by atoms with Crippen LogP contribution in [0, 0.1) is 0 Å². The van der Waals surface area contributed by atoms with Gasteiger partial charge in [-0.1, -0.05) is 29.8 Å². The number of nitrogens with one attached hydrogen (secondary N) is 1. The highest BCUT2D eigenvalue weighted by Crippen LogP contribution is 2.29. The molecule has 24 heavy (non-hydrogen) atoms. The van der Waals surface area contributed by atoms with Crippen molar-refractivity contribution in [2.24, 2.45) is 0 Å². The molecule has 0 unspecified atom stereocenters. The van der Waals surface area contributed by atoms with E-state index in [1.165, 1.54) is 0 Å². The molecule has 0 saturated heterocycles. The quantitative estimate of drug-likeness (QED) is 0.657. The van der Waals surface area contributed by atoms with Crippen LogP contribution in [0.15, 0.2) is 42.5 Å². The molecule has 2 aromatic carbocycles. The van der Waals surface area contributed by atoms with Gasteiger partial charge in [0, 0.05) is 25.2 Å². The Hall–Kier alpha value is -1.75. The van der Waals surface area contributed by atoms with Crippen molar-refractivity contribution >= 4 is 11.6 Å². The fraction of sp³-hybridized carbons (Fsp3) is 0.368. The molecule has 130 valence electrons. The molecule has 0 radical (unpaired) electrons. The van der Waals surface area contributed by atoms with Crippen molar-refractivity contribution in [3.8, 4) is 11.5 Å². The van der Waals surface area contributed by atoms with E-state index in [0.29, 0.717) is 19.8 Å². The lowest BCUT2D eigenvalue weighted by atomic mass is 10.2. The van der Waals surface area contributed by atoms with Gasteiger partial charge in [0.1, 0.15) is 6.61 Å². The van der Waals surface area contributed by atoms with Crippen molar-refractivity contribution in [3.63, 3.8) is 0 Å². The van der Waals surface area contributed by atoms with Crippen LogP contribution >= 0.6 is 11.6 Å². The van der Waals surface area contributed by atoms with Crippen LogP contribution in [0.1, 0.15) is 18.1 Å². The third-order valence-corrected chi connectivity index (χ3v) is 3.68. The topological polar surface area (TPSA) is 39.7 Å². The van der Waals surface area contributed by atoms with E-state index < -0.39 is 0 Å². The first-order valence-corrected chi connectivity index (χ1v) is 8.43. The minimum absolute atomic E-state index is 0.475. The van der Waals surface area contributed by atoms with Crippen molar-refractivity contribution in [2.75, 3.05) is 26.9 Å². The molecule has 0 bridgehead atoms. The predicted octanol–water partition coefficient (Wildman–Crippen LogP) is 4.05. The molecule has 0 aliphatic rings. The molecule has 0 aliphatic heterocycles. The van der Waals surface area contributed by atoms with E-state index in [1.807, 2.05) is 49.4 Å². The van der Waals surface area contributed by atoms with Crippen molar-refractivity contribution < 1.29 is 14.2 Å². The number of methoxy groups -OCH3 is 1. The first-order valence-electron chi connectivity index (χ1n) is 8.05. The van der Waals surface area contributed by atoms with Gasteiger partial charge in [-0.2, -0.15) is 0 Å². The highest BCUT2D eigenvalue weighted by atomic mass is 35.5. The van der Waals surface area contributed by atoms with Crippen LogP contribution in [0.2, 0.25) is 5.02 Å². The molecule has 2 aromatic rings. The molecule has 0 heterocycles. The first-order chi connectivity index (χ1) is 11.7. The van der Waals surface area contributed by atoms with Crippen LogP contribution in [0.25, 0.3) is 0 Å². The van der Waals surface area contributed by atoms with Gasteiger partial charge in [0.15, 0.2) is 11.5 Å². The number of halogens is 1. The van der Waals surface area contributed by atoms with Gasteiger partial charge < -0.3 is 19.5 Å². The Labute approximate surface area is 148 Å². The SMILES string of the molecule is CCOc1cc(CNCCOC)ccc1OCc1ccc(Cl)cc1. The molecule has 0 saturated carbocycles. The average Bonchev–Trinajstić information content (AvgIpc) is 2.60. The van der Waals surface area contributed by atoms with E-state index in [1.54, 1.807) is 7.11 Å². The van der Waals surface area contributed by atoms with Crippen molar-refractivity contribution in [1.29, 1.82) is 0 Å². The standard InChI is InChI=1S/C19H24ClNO3/c1-3-23-19-12-16(13-21-10-11-22-2)6-9-18(19)24-14-15-4-7-17(20)8-5-15/h4-9,12,21H,3,10-11,13-14H2,1-2H3. The van der Waals surface area contributed by atoms with Crippen LogP contribution in [0.4, 0.5) is 0 Å². The van der Waals surface area contributed by atoms with Gasteiger partial charge in [-0.15, -0.1) is 0 Å². The minimum atomic E-state index is 0.475. The highest BCUT2D eigenvalue weighted by molar-refractivity contribution is 6.30. The van der Waals surface area contributed by atoms with Crippen LogP contribution in [-0.4, -0.2) is 26.9 Å². The van der Waals surface area contributed by atoms with Crippen molar-refractivity contribution in [2.45, 2.75) is 20.1 Å². The third-order valence-electron chi connectivity index (χ3n) is 3.43. The van der Waals surface area contributed by atoms with Gasteiger partial charge in [-0.25, -0.2) is 0 Å². The van der Waals surface area contributed by atoms with E-state index >= 15 is 0 Å². The number of rotatable bonds is 10. The van der Waals surface area contributed by atoms with Gasteiger partial charge in [0.25, 0.3) is 0 Å². The molecule has 0 fully saturated rings. The molecule has 0 atom stereocenters. The molecule has 0 spiro atoms. The molecule has 0 amide bonds. The third kappa shape index (κ3) is 6.04. The molecule has 2 rings (SSSR count). The summed E-state index contributed by atoms with van der Waals surface area (Å²) in [6, 6.07) is 13.6. The summed E-state index contributed by atoms with van der Waals surface area (Å²) in [5.41, 5.74) is 2.21. The molecular weight excluding hydrogens is 326 g/mol. The molecule has 0 aromatic heterocycles.